The van der Waals surface area contributed by atoms with Crippen LogP contribution in [0.15, 0.2) is 68.7 Å². The summed E-state index contributed by atoms with van der Waals surface area (Å²) in [4.78, 5) is 25.5. The van der Waals surface area contributed by atoms with Crippen LogP contribution in [0.25, 0.3) is 0 Å². The van der Waals surface area contributed by atoms with Crippen LogP contribution in [0, 0.1) is 6.92 Å². The smallest absolute Gasteiger partial charge is 0.306 e. The molecule has 0 saturated heterocycles. The molecule has 0 saturated carbocycles. The number of carbonyl (C=O) groups is 1. The summed E-state index contributed by atoms with van der Waals surface area (Å²) in [6.07, 6.45) is -0.133. The van der Waals surface area contributed by atoms with Gasteiger partial charge in [0, 0.05) is 11.0 Å². The minimum atomic E-state index is -0.742. The monoisotopic (exact) mass is 426 g/mol. The van der Waals surface area contributed by atoms with E-state index >= 15 is 0 Å². The highest BCUT2D eigenvalue weighted by Gasteiger charge is 2.26. The standard InChI is InChI=1S/C23H22O6S/c1-14-5-3-4-6-20(14)30-13-17-11-19(25)22(27)23(29-17)18(12-21(26)28-2)15-7-9-16(24)10-8-15/h3-11,18,24,27H,12-13H2,1-2H3. The van der Waals surface area contributed by atoms with E-state index in [1.165, 1.54) is 37.1 Å². The molecule has 2 N–H and O–H groups in total. The van der Waals surface area contributed by atoms with Crippen molar-refractivity contribution in [3.63, 3.8) is 0 Å². The number of ether oxygens (including phenoxy) is 1. The first-order valence-electron chi connectivity index (χ1n) is 9.29. The molecule has 0 aliphatic rings. The molecule has 30 heavy (non-hydrogen) atoms. The van der Waals surface area contributed by atoms with Gasteiger partial charge in [-0.1, -0.05) is 30.3 Å². The maximum absolute atomic E-state index is 12.4. The lowest BCUT2D eigenvalue weighted by molar-refractivity contribution is -0.140. The average molecular weight is 426 g/mol. The average Bonchev–Trinajstić information content (AvgIpc) is 2.74. The summed E-state index contributed by atoms with van der Waals surface area (Å²) < 4.78 is 10.7. The van der Waals surface area contributed by atoms with Gasteiger partial charge in [-0.15, -0.1) is 11.8 Å². The molecule has 7 heteroatoms. The maximum atomic E-state index is 12.4. The Hall–Kier alpha value is -3.19. The number of aromatic hydroxyl groups is 2. The van der Waals surface area contributed by atoms with Crippen LogP contribution in [0.2, 0.25) is 0 Å². The lowest BCUT2D eigenvalue weighted by Gasteiger charge is -2.17. The van der Waals surface area contributed by atoms with E-state index in [0.717, 1.165) is 10.5 Å². The van der Waals surface area contributed by atoms with E-state index in [4.69, 9.17) is 9.15 Å². The first-order valence-corrected chi connectivity index (χ1v) is 10.3. The molecule has 0 fully saturated rings. The molecular weight excluding hydrogens is 404 g/mol. The van der Waals surface area contributed by atoms with E-state index in [0.29, 0.717) is 17.1 Å². The number of rotatable bonds is 7. The molecule has 0 bridgehead atoms. The van der Waals surface area contributed by atoms with Crippen molar-refractivity contribution < 1.29 is 24.2 Å². The third-order valence-electron chi connectivity index (χ3n) is 4.67. The van der Waals surface area contributed by atoms with Gasteiger partial charge >= 0.3 is 5.97 Å². The molecule has 1 atom stereocenters. The number of phenolic OH excluding ortho intramolecular Hbond substituents is 1. The molecule has 0 aliphatic heterocycles. The predicted molar refractivity (Wildman–Crippen MR) is 114 cm³/mol. The lowest BCUT2D eigenvalue weighted by atomic mass is 9.92. The van der Waals surface area contributed by atoms with Gasteiger partial charge in [0.1, 0.15) is 11.5 Å². The summed E-state index contributed by atoms with van der Waals surface area (Å²) >= 11 is 1.51. The van der Waals surface area contributed by atoms with Gasteiger partial charge in [-0.2, -0.15) is 0 Å². The Morgan fingerprint density at radius 2 is 1.83 bits per heavy atom. The van der Waals surface area contributed by atoms with Crippen molar-refractivity contribution in [3.05, 3.63) is 87.5 Å². The summed E-state index contributed by atoms with van der Waals surface area (Å²) in [5.41, 5.74) is 1.13. The van der Waals surface area contributed by atoms with Crippen LogP contribution in [0.4, 0.5) is 0 Å². The van der Waals surface area contributed by atoms with E-state index < -0.39 is 23.1 Å². The van der Waals surface area contributed by atoms with Crippen LogP contribution in [0.5, 0.6) is 11.5 Å². The van der Waals surface area contributed by atoms with E-state index in [-0.39, 0.29) is 17.9 Å². The quantitative estimate of drug-likeness (QED) is 0.428. The number of phenols is 1. The van der Waals surface area contributed by atoms with Crippen molar-refractivity contribution in [2.24, 2.45) is 0 Å². The van der Waals surface area contributed by atoms with Gasteiger partial charge in [-0.05, 0) is 36.2 Å². The first-order chi connectivity index (χ1) is 14.4. The normalized spacial score (nSPS) is 11.8. The van der Waals surface area contributed by atoms with Crippen molar-refractivity contribution in [1.82, 2.24) is 0 Å². The van der Waals surface area contributed by atoms with Gasteiger partial charge in [0.15, 0.2) is 5.76 Å². The molecule has 3 rings (SSSR count). The van der Waals surface area contributed by atoms with Crippen molar-refractivity contribution in [1.29, 1.82) is 0 Å². The highest BCUT2D eigenvalue weighted by Crippen LogP contribution is 2.35. The van der Waals surface area contributed by atoms with Gasteiger partial charge in [0.05, 0.1) is 25.2 Å². The third kappa shape index (κ3) is 5.04. The van der Waals surface area contributed by atoms with Crippen LogP contribution >= 0.6 is 11.8 Å². The van der Waals surface area contributed by atoms with Crippen molar-refractivity contribution in [3.8, 4) is 11.5 Å². The SMILES string of the molecule is COC(=O)CC(c1ccc(O)cc1)c1oc(CSc2ccccc2C)cc(=O)c1O. The fourth-order valence-corrected chi connectivity index (χ4v) is 3.96. The second kappa shape index (κ2) is 9.54. The Balaban J connectivity index is 1.98. The number of esters is 1. The number of aryl methyl sites for hydroxylation is 1. The number of hydrogen-bond acceptors (Lipinski definition) is 7. The van der Waals surface area contributed by atoms with Crippen LogP contribution < -0.4 is 5.43 Å². The minimum absolute atomic E-state index is 0.000951. The largest absolute Gasteiger partial charge is 0.508 e. The van der Waals surface area contributed by atoms with Crippen molar-refractivity contribution in [2.75, 3.05) is 7.11 Å². The number of hydrogen-bond donors (Lipinski definition) is 2. The highest BCUT2D eigenvalue weighted by molar-refractivity contribution is 7.98. The minimum Gasteiger partial charge on any atom is -0.508 e. The van der Waals surface area contributed by atoms with Gasteiger partial charge < -0.3 is 19.4 Å². The zero-order chi connectivity index (χ0) is 21.7. The molecule has 156 valence electrons. The second-order valence-electron chi connectivity index (χ2n) is 6.77. The molecule has 0 spiro atoms. The van der Waals surface area contributed by atoms with Crippen molar-refractivity contribution >= 4 is 17.7 Å². The Labute approximate surface area is 178 Å². The molecule has 3 aromatic rings. The zero-order valence-electron chi connectivity index (χ0n) is 16.6. The molecule has 0 radical (unpaired) electrons. The summed E-state index contributed by atoms with van der Waals surface area (Å²) in [5.74, 6) is -0.975. The fourth-order valence-electron chi connectivity index (χ4n) is 3.05. The number of thioether (sulfide) groups is 1. The molecule has 1 heterocycles. The van der Waals surface area contributed by atoms with Crippen LogP contribution in [0.1, 0.15) is 35.0 Å². The zero-order valence-corrected chi connectivity index (χ0v) is 17.4. The molecular formula is C23H22O6S. The summed E-state index contributed by atoms with van der Waals surface area (Å²) in [7, 11) is 1.27. The lowest BCUT2D eigenvalue weighted by Crippen LogP contribution is -2.14. The van der Waals surface area contributed by atoms with Gasteiger partial charge in [-0.25, -0.2) is 0 Å². The number of carbonyl (C=O) groups excluding carboxylic acids is 1. The molecule has 0 amide bonds. The number of methoxy groups -OCH3 is 1. The Bertz CT molecular complexity index is 1090. The van der Waals surface area contributed by atoms with E-state index in [2.05, 4.69) is 0 Å². The van der Waals surface area contributed by atoms with Gasteiger partial charge in [-0.3, -0.25) is 9.59 Å². The first kappa shape index (κ1) is 21.5. The van der Waals surface area contributed by atoms with E-state index in [9.17, 15) is 19.8 Å². The second-order valence-corrected chi connectivity index (χ2v) is 7.79. The van der Waals surface area contributed by atoms with Gasteiger partial charge in [0.25, 0.3) is 0 Å². The van der Waals surface area contributed by atoms with Crippen LogP contribution in [0.3, 0.4) is 0 Å². The van der Waals surface area contributed by atoms with Crippen LogP contribution in [-0.4, -0.2) is 23.3 Å². The van der Waals surface area contributed by atoms with Crippen molar-refractivity contribution in [2.45, 2.75) is 29.9 Å². The summed E-state index contributed by atoms with van der Waals surface area (Å²) in [6.45, 7) is 2.00. The van der Waals surface area contributed by atoms with Gasteiger partial charge in [0.2, 0.25) is 11.2 Å². The number of benzene rings is 2. The summed E-state index contributed by atoms with van der Waals surface area (Å²) in [5, 5.41) is 20.0. The van der Waals surface area contributed by atoms with E-state index in [1.807, 2.05) is 31.2 Å². The van der Waals surface area contributed by atoms with Crippen LogP contribution in [-0.2, 0) is 15.3 Å². The highest BCUT2D eigenvalue weighted by atomic mass is 32.2. The summed E-state index contributed by atoms with van der Waals surface area (Å²) in [6, 6.07) is 15.3. The Kier molecular flexibility index (Phi) is 6.84. The van der Waals surface area contributed by atoms with E-state index in [1.54, 1.807) is 12.1 Å². The topological polar surface area (TPSA) is 97.0 Å². The Morgan fingerprint density at radius 1 is 1.13 bits per heavy atom. The fraction of sp³-hybridized carbons (Fsp3) is 0.217. The molecule has 2 aromatic carbocycles. The Morgan fingerprint density at radius 3 is 2.50 bits per heavy atom. The third-order valence-corrected chi connectivity index (χ3v) is 5.87. The molecule has 0 aliphatic carbocycles. The predicted octanol–water partition coefficient (Wildman–Crippen LogP) is 4.35. The molecule has 6 nitrogen and oxygen atoms in total. The maximum Gasteiger partial charge on any atom is 0.306 e. The molecule has 1 unspecified atom stereocenters. The molecule has 1 aromatic heterocycles.